The van der Waals surface area contributed by atoms with Crippen LogP contribution in [0.1, 0.15) is 45.2 Å². The summed E-state index contributed by atoms with van der Waals surface area (Å²) in [6, 6.07) is 3.55. The number of amides is 1. The van der Waals surface area contributed by atoms with Crippen LogP contribution in [0.25, 0.3) is 0 Å². The van der Waals surface area contributed by atoms with Crippen molar-refractivity contribution in [1.29, 1.82) is 0 Å². The topological polar surface area (TPSA) is 92.3 Å². The molecule has 1 fully saturated rings. The van der Waals surface area contributed by atoms with E-state index in [9.17, 15) is 13.2 Å². The first-order valence-corrected chi connectivity index (χ1v) is 12.8. The standard InChI is InChI=1S/C20H26N4O3S2/c25-20(24-10-12-29(26,27)13-11-24)15-7-8-18(22-14-15)21-9-3-6-19-23-16-4-1-2-5-17(16)28-19/h7-8,14H,1-6,9-13H2,(H,21,22). The first kappa shape index (κ1) is 20.3. The number of nitrogens with zero attached hydrogens (tertiary/aromatic N) is 3. The average Bonchev–Trinajstić information content (AvgIpc) is 3.14. The third-order valence-corrected chi connectivity index (χ3v) is 8.23. The molecule has 3 heterocycles. The van der Waals surface area contributed by atoms with E-state index in [1.54, 1.807) is 23.2 Å². The van der Waals surface area contributed by atoms with Crippen LogP contribution in [-0.4, -0.2) is 60.3 Å². The fourth-order valence-electron chi connectivity index (χ4n) is 3.69. The summed E-state index contributed by atoms with van der Waals surface area (Å²) in [5.41, 5.74) is 1.81. The van der Waals surface area contributed by atoms with Crippen molar-refractivity contribution in [2.75, 3.05) is 36.5 Å². The molecule has 1 amide bonds. The molecule has 1 aliphatic carbocycles. The van der Waals surface area contributed by atoms with Crippen LogP contribution in [0.2, 0.25) is 0 Å². The van der Waals surface area contributed by atoms with E-state index in [1.165, 1.54) is 34.8 Å². The predicted molar refractivity (Wildman–Crippen MR) is 114 cm³/mol. The van der Waals surface area contributed by atoms with Crippen LogP contribution in [0.15, 0.2) is 18.3 Å². The summed E-state index contributed by atoms with van der Waals surface area (Å²) >= 11 is 1.87. The van der Waals surface area contributed by atoms with E-state index >= 15 is 0 Å². The minimum absolute atomic E-state index is 0.0356. The van der Waals surface area contributed by atoms with Crippen LogP contribution in [0.4, 0.5) is 5.82 Å². The Bertz CT molecular complexity index is 933. The van der Waals surface area contributed by atoms with Gasteiger partial charge in [-0.15, -0.1) is 11.3 Å². The van der Waals surface area contributed by atoms with Gasteiger partial charge in [-0.3, -0.25) is 4.79 Å². The van der Waals surface area contributed by atoms with Gasteiger partial charge in [0.2, 0.25) is 0 Å². The minimum atomic E-state index is -3.00. The number of sulfone groups is 1. The van der Waals surface area contributed by atoms with Crippen molar-refractivity contribution in [3.8, 4) is 0 Å². The molecule has 29 heavy (non-hydrogen) atoms. The van der Waals surface area contributed by atoms with E-state index in [1.807, 2.05) is 11.3 Å². The van der Waals surface area contributed by atoms with Crippen molar-refractivity contribution in [2.24, 2.45) is 0 Å². The number of thiazole rings is 1. The summed E-state index contributed by atoms with van der Waals surface area (Å²) in [4.78, 5) is 24.7. The smallest absolute Gasteiger partial charge is 0.255 e. The second-order valence-corrected chi connectivity index (χ2v) is 11.1. The molecular formula is C20H26N4O3S2. The first-order valence-electron chi connectivity index (χ1n) is 10.2. The van der Waals surface area contributed by atoms with Crippen molar-refractivity contribution in [1.82, 2.24) is 14.9 Å². The van der Waals surface area contributed by atoms with Gasteiger partial charge in [-0.1, -0.05) is 0 Å². The molecule has 9 heteroatoms. The molecule has 7 nitrogen and oxygen atoms in total. The van der Waals surface area contributed by atoms with Gasteiger partial charge in [-0.25, -0.2) is 18.4 Å². The highest BCUT2D eigenvalue weighted by molar-refractivity contribution is 7.91. The molecule has 4 rings (SSSR count). The fraction of sp³-hybridized carbons (Fsp3) is 0.550. The van der Waals surface area contributed by atoms with Gasteiger partial charge in [0.25, 0.3) is 5.91 Å². The van der Waals surface area contributed by atoms with E-state index < -0.39 is 9.84 Å². The third kappa shape index (κ3) is 5.14. The quantitative estimate of drug-likeness (QED) is 0.702. The minimum Gasteiger partial charge on any atom is -0.370 e. The van der Waals surface area contributed by atoms with E-state index in [2.05, 4.69) is 10.3 Å². The summed E-state index contributed by atoms with van der Waals surface area (Å²) in [6.07, 6.45) is 8.38. The van der Waals surface area contributed by atoms with Gasteiger partial charge in [-0.05, 0) is 44.2 Å². The lowest BCUT2D eigenvalue weighted by Crippen LogP contribution is -2.43. The van der Waals surface area contributed by atoms with E-state index in [0.717, 1.165) is 31.6 Å². The largest absolute Gasteiger partial charge is 0.370 e. The molecule has 0 bridgehead atoms. The van der Waals surface area contributed by atoms with Crippen LogP contribution in [0, 0.1) is 0 Å². The monoisotopic (exact) mass is 434 g/mol. The van der Waals surface area contributed by atoms with Crippen molar-refractivity contribution in [2.45, 2.75) is 38.5 Å². The maximum absolute atomic E-state index is 12.5. The van der Waals surface area contributed by atoms with E-state index in [4.69, 9.17) is 4.98 Å². The summed E-state index contributed by atoms with van der Waals surface area (Å²) in [5.74, 6) is 0.648. The molecule has 0 aromatic carbocycles. The molecule has 0 atom stereocenters. The zero-order valence-electron chi connectivity index (χ0n) is 16.4. The van der Waals surface area contributed by atoms with Crippen LogP contribution in [0.3, 0.4) is 0 Å². The average molecular weight is 435 g/mol. The Kier molecular flexibility index (Phi) is 6.15. The highest BCUT2D eigenvalue weighted by Crippen LogP contribution is 2.27. The Morgan fingerprint density at radius 2 is 1.97 bits per heavy atom. The first-order chi connectivity index (χ1) is 14.0. The Morgan fingerprint density at radius 1 is 1.17 bits per heavy atom. The van der Waals surface area contributed by atoms with Crippen LogP contribution >= 0.6 is 11.3 Å². The number of rotatable bonds is 6. The zero-order chi connectivity index (χ0) is 20.3. The summed E-state index contributed by atoms with van der Waals surface area (Å²) in [6.45, 7) is 1.30. The van der Waals surface area contributed by atoms with Gasteiger partial charge < -0.3 is 10.2 Å². The number of hydrogen-bond donors (Lipinski definition) is 1. The van der Waals surface area contributed by atoms with Crippen molar-refractivity contribution < 1.29 is 13.2 Å². The highest BCUT2D eigenvalue weighted by Gasteiger charge is 2.25. The molecule has 1 aliphatic heterocycles. The molecule has 2 aromatic heterocycles. The Morgan fingerprint density at radius 3 is 2.69 bits per heavy atom. The lowest BCUT2D eigenvalue weighted by atomic mass is 10.0. The third-order valence-electron chi connectivity index (χ3n) is 5.41. The predicted octanol–water partition coefficient (Wildman–Crippen LogP) is 2.33. The molecular weight excluding hydrogens is 408 g/mol. The molecule has 1 saturated heterocycles. The van der Waals surface area contributed by atoms with Crippen LogP contribution in [-0.2, 0) is 29.1 Å². The van der Waals surface area contributed by atoms with Gasteiger partial charge in [0, 0.05) is 37.1 Å². The maximum atomic E-state index is 12.5. The van der Waals surface area contributed by atoms with Crippen molar-refractivity contribution in [3.05, 3.63) is 39.5 Å². The van der Waals surface area contributed by atoms with Crippen molar-refractivity contribution >= 4 is 32.9 Å². The maximum Gasteiger partial charge on any atom is 0.255 e. The Balaban J connectivity index is 1.23. The Labute approximate surface area is 175 Å². The lowest BCUT2D eigenvalue weighted by molar-refractivity contribution is 0.0770. The molecule has 2 aliphatic rings. The normalized spacial score (nSPS) is 18.3. The van der Waals surface area contributed by atoms with Gasteiger partial charge in [-0.2, -0.15) is 0 Å². The molecule has 0 radical (unpaired) electrons. The molecule has 0 unspecified atom stereocenters. The number of hydrogen-bond acceptors (Lipinski definition) is 7. The molecule has 2 aromatic rings. The SMILES string of the molecule is O=C(c1ccc(NCCCc2nc3c(s2)CCCC3)nc1)N1CCS(=O)(=O)CC1. The highest BCUT2D eigenvalue weighted by atomic mass is 32.2. The number of aromatic nitrogens is 2. The number of carbonyl (C=O) groups is 1. The number of fused-ring (bicyclic) bond motifs is 1. The van der Waals surface area contributed by atoms with E-state index in [-0.39, 0.29) is 30.5 Å². The number of nitrogens with one attached hydrogen (secondary N) is 1. The summed E-state index contributed by atoms with van der Waals surface area (Å²) < 4.78 is 23.0. The molecule has 156 valence electrons. The van der Waals surface area contributed by atoms with Gasteiger partial charge in [0.05, 0.1) is 27.8 Å². The second-order valence-electron chi connectivity index (χ2n) is 7.59. The van der Waals surface area contributed by atoms with Crippen molar-refractivity contribution in [3.63, 3.8) is 0 Å². The number of pyridine rings is 1. The molecule has 1 N–H and O–H groups in total. The summed E-state index contributed by atoms with van der Waals surface area (Å²) in [7, 11) is -3.00. The number of anilines is 1. The molecule has 0 spiro atoms. The van der Waals surface area contributed by atoms with E-state index in [0.29, 0.717) is 5.56 Å². The van der Waals surface area contributed by atoms with Gasteiger partial charge in [0.15, 0.2) is 9.84 Å². The number of carbonyl (C=O) groups excluding carboxylic acids is 1. The van der Waals surface area contributed by atoms with Gasteiger partial charge >= 0.3 is 0 Å². The lowest BCUT2D eigenvalue weighted by Gasteiger charge is -2.26. The summed E-state index contributed by atoms with van der Waals surface area (Å²) in [5, 5.41) is 4.53. The van der Waals surface area contributed by atoms with Crippen LogP contribution < -0.4 is 5.32 Å². The second kappa shape index (κ2) is 8.79. The van der Waals surface area contributed by atoms with Crippen LogP contribution in [0.5, 0.6) is 0 Å². The fourth-order valence-corrected chi connectivity index (χ4v) is 6.09. The van der Waals surface area contributed by atoms with Gasteiger partial charge in [0.1, 0.15) is 5.82 Å². The molecule has 0 saturated carbocycles. The Hall–Kier alpha value is -2.00. The number of aryl methyl sites for hydroxylation is 3. The zero-order valence-corrected chi connectivity index (χ0v) is 18.0.